The molecule has 1 aliphatic heterocycles. The molecule has 0 saturated carbocycles. The van der Waals surface area contributed by atoms with E-state index in [0.717, 1.165) is 30.8 Å². The molecule has 2 rings (SSSR count). The van der Waals surface area contributed by atoms with Gasteiger partial charge in [0.1, 0.15) is 0 Å². The first-order chi connectivity index (χ1) is 9.70. The average molecular weight is 313 g/mol. The number of carbonyl (C=O) groups is 1. The quantitative estimate of drug-likeness (QED) is 0.869. The number of amides is 1. The lowest BCUT2D eigenvalue weighted by Crippen LogP contribution is -2.38. The van der Waals surface area contributed by atoms with Crippen molar-refractivity contribution in [2.24, 2.45) is 0 Å². The van der Waals surface area contributed by atoms with Crippen molar-refractivity contribution >= 4 is 35.0 Å². The van der Waals surface area contributed by atoms with Crippen LogP contribution in [0.2, 0.25) is 5.02 Å². The molecule has 0 aromatic heterocycles. The second-order valence-electron chi connectivity index (χ2n) is 5.00. The summed E-state index contributed by atoms with van der Waals surface area (Å²) in [5, 5.41) is 7.00. The highest BCUT2D eigenvalue weighted by atomic mass is 35.5. The number of hydrogen-bond donors (Lipinski definition) is 2. The molecule has 110 valence electrons. The molecule has 0 bridgehead atoms. The summed E-state index contributed by atoms with van der Waals surface area (Å²) in [7, 11) is 0. The highest BCUT2D eigenvalue weighted by Gasteiger charge is 2.19. The monoisotopic (exact) mass is 312 g/mol. The Hall–Kier alpha value is -0.870. The van der Waals surface area contributed by atoms with E-state index in [1.54, 1.807) is 6.07 Å². The molecule has 2 N–H and O–H groups in total. The molecule has 0 aliphatic carbocycles. The third-order valence-electron chi connectivity index (χ3n) is 3.29. The van der Waals surface area contributed by atoms with Gasteiger partial charge in [0.15, 0.2) is 0 Å². The fourth-order valence-corrected chi connectivity index (χ4v) is 3.48. The predicted molar refractivity (Wildman–Crippen MR) is 88.0 cm³/mol. The topological polar surface area (TPSA) is 41.1 Å². The summed E-state index contributed by atoms with van der Waals surface area (Å²) in [6.45, 7) is 2.95. The summed E-state index contributed by atoms with van der Waals surface area (Å²) in [5.74, 6) is 2.18. The smallest absolute Gasteiger partial charge is 0.253 e. The summed E-state index contributed by atoms with van der Waals surface area (Å²) in [6, 6.07) is 5.71. The SMILES string of the molecule is CCCNc1ccc(Cl)cc1C(=O)NC1CCCSC1. The number of anilines is 1. The van der Waals surface area contributed by atoms with Crippen LogP contribution in [0.4, 0.5) is 5.69 Å². The van der Waals surface area contributed by atoms with Gasteiger partial charge in [-0.25, -0.2) is 0 Å². The van der Waals surface area contributed by atoms with Gasteiger partial charge in [-0.15, -0.1) is 0 Å². The third-order valence-corrected chi connectivity index (χ3v) is 4.74. The predicted octanol–water partition coefficient (Wildman–Crippen LogP) is 3.79. The van der Waals surface area contributed by atoms with Crippen molar-refractivity contribution in [1.29, 1.82) is 0 Å². The van der Waals surface area contributed by atoms with E-state index in [9.17, 15) is 4.79 Å². The first-order valence-electron chi connectivity index (χ1n) is 7.12. The van der Waals surface area contributed by atoms with E-state index >= 15 is 0 Å². The second-order valence-corrected chi connectivity index (χ2v) is 6.59. The van der Waals surface area contributed by atoms with E-state index in [0.29, 0.717) is 10.6 Å². The number of carbonyl (C=O) groups excluding carboxylic acids is 1. The Labute approximate surface area is 129 Å². The van der Waals surface area contributed by atoms with Gasteiger partial charge in [-0.1, -0.05) is 18.5 Å². The van der Waals surface area contributed by atoms with Gasteiger partial charge < -0.3 is 10.6 Å². The number of thioether (sulfide) groups is 1. The zero-order chi connectivity index (χ0) is 14.4. The molecule has 5 heteroatoms. The van der Waals surface area contributed by atoms with Crippen molar-refractivity contribution in [3.05, 3.63) is 28.8 Å². The van der Waals surface area contributed by atoms with E-state index in [1.165, 1.54) is 12.2 Å². The van der Waals surface area contributed by atoms with Gasteiger partial charge in [0.2, 0.25) is 0 Å². The number of nitrogens with one attached hydrogen (secondary N) is 2. The first kappa shape index (κ1) is 15.5. The fraction of sp³-hybridized carbons (Fsp3) is 0.533. The van der Waals surface area contributed by atoms with Gasteiger partial charge in [-0.3, -0.25) is 4.79 Å². The van der Waals surface area contributed by atoms with E-state index < -0.39 is 0 Å². The molecule has 1 amide bonds. The van der Waals surface area contributed by atoms with Crippen LogP contribution in [0.5, 0.6) is 0 Å². The van der Waals surface area contributed by atoms with Crippen molar-refractivity contribution in [3.8, 4) is 0 Å². The fourth-order valence-electron chi connectivity index (χ4n) is 2.24. The molecule has 1 atom stereocenters. The van der Waals surface area contributed by atoms with Crippen molar-refractivity contribution in [1.82, 2.24) is 5.32 Å². The van der Waals surface area contributed by atoms with Crippen LogP contribution in [0.25, 0.3) is 0 Å². The summed E-state index contributed by atoms with van der Waals surface area (Å²) < 4.78 is 0. The summed E-state index contributed by atoms with van der Waals surface area (Å²) in [4.78, 5) is 12.4. The maximum Gasteiger partial charge on any atom is 0.253 e. The maximum absolute atomic E-state index is 12.4. The molecule has 0 radical (unpaired) electrons. The van der Waals surface area contributed by atoms with Crippen LogP contribution in [0.1, 0.15) is 36.5 Å². The van der Waals surface area contributed by atoms with Crippen molar-refractivity contribution in [3.63, 3.8) is 0 Å². The van der Waals surface area contributed by atoms with Crippen LogP contribution in [-0.2, 0) is 0 Å². The zero-order valence-electron chi connectivity index (χ0n) is 11.7. The second kappa shape index (κ2) is 7.79. The van der Waals surface area contributed by atoms with Gasteiger partial charge in [-0.05, 0) is 43.2 Å². The number of halogens is 1. The Balaban J connectivity index is 2.08. The first-order valence-corrected chi connectivity index (χ1v) is 8.66. The maximum atomic E-state index is 12.4. The van der Waals surface area contributed by atoms with Crippen LogP contribution in [-0.4, -0.2) is 30.0 Å². The van der Waals surface area contributed by atoms with Crippen molar-refractivity contribution in [2.45, 2.75) is 32.2 Å². The molecular formula is C15H21ClN2OS. The van der Waals surface area contributed by atoms with Gasteiger partial charge >= 0.3 is 0 Å². The lowest BCUT2D eigenvalue weighted by molar-refractivity contribution is 0.0939. The minimum atomic E-state index is -0.0291. The molecule has 1 aromatic rings. The van der Waals surface area contributed by atoms with Crippen LogP contribution < -0.4 is 10.6 Å². The molecule has 1 saturated heterocycles. The van der Waals surface area contributed by atoms with Crippen LogP contribution in [0.15, 0.2) is 18.2 Å². The standard InChI is InChI=1S/C15H21ClN2OS/c1-2-7-17-14-6-5-11(16)9-13(14)15(19)18-12-4-3-8-20-10-12/h5-6,9,12,17H,2-4,7-8,10H2,1H3,(H,18,19). The van der Waals surface area contributed by atoms with Gasteiger partial charge in [-0.2, -0.15) is 11.8 Å². The number of benzene rings is 1. The Morgan fingerprint density at radius 1 is 1.50 bits per heavy atom. The minimum absolute atomic E-state index is 0.0291. The molecule has 1 heterocycles. The summed E-state index contributed by atoms with van der Waals surface area (Å²) in [6.07, 6.45) is 3.26. The van der Waals surface area contributed by atoms with E-state index in [2.05, 4.69) is 17.6 Å². The molecule has 20 heavy (non-hydrogen) atoms. The molecular weight excluding hydrogens is 292 g/mol. The molecule has 1 aromatic carbocycles. The molecule has 3 nitrogen and oxygen atoms in total. The van der Waals surface area contributed by atoms with Crippen molar-refractivity contribution < 1.29 is 4.79 Å². The largest absolute Gasteiger partial charge is 0.384 e. The van der Waals surface area contributed by atoms with Gasteiger partial charge in [0.05, 0.1) is 5.56 Å². The lowest BCUT2D eigenvalue weighted by atomic mass is 10.1. The van der Waals surface area contributed by atoms with Crippen LogP contribution >= 0.6 is 23.4 Å². The minimum Gasteiger partial charge on any atom is -0.384 e. The van der Waals surface area contributed by atoms with Gasteiger partial charge in [0.25, 0.3) is 5.91 Å². The normalized spacial score (nSPS) is 18.6. The molecule has 0 spiro atoms. The number of rotatable bonds is 5. The van der Waals surface area contributed by atoms with Crippen molar-refractivity contribution in [2.75, 3.05) is 23.4 Å². The highest BCUT2D eigenvalue weighted by molar-refractivity contribution is 7.99. The molecule has 1 fully saturated rings. The number of hydrogen-bond acceptors (Lipinski definition) is 3. The Bertz CT molecular complexity index is 461. The molecule has 1 unspecified atom stereocenters. The van der Waals surface area contributed by atoms with E-state index in [1.807, 2.05) is 23.9 Å². The zero-order valence-corrected chi connectivity index (χ0v) is 13.3. The third kappa shape index (κ3) is 4.32. The average Bonchev–Trinajstić information content (AvgIpc) is 2.47. The van der Waals surface area contributed by atoms with Crippen LogP contribution in [0.3, 0.4) is 0 Å². The lowest BCUT2D eigenvalue weighted by Gasteiger charge is -2.23. The van der Waals surface area contributed by atoms with E-state index in [4.69, 9.17) is 11.6 Å². The summed E-state index contributed by atoms with van der Waals surface area (Å²) in [5.41, 5.74) is 1.50. The molecule has 1 aliphatic rings. The Morgan fingerprint density at radius 2 is 2.35 bits per heavy atom. The summed E-state index contributed by atoms with van der Waals surface area (Å²) >= 11 is 7.93. The van der Waals surface area contributed by atoms with Gasteiger partial charge in [0, 0.05) is 29.0 Å². The Kier molecular flexibility index (Phi) is 6.05. The van der Waals surface area contributed by atoms with E-state index in [-0.39, 0.29) is 11.9 Å². The highest BCUT2D eigenvalue weighted by Crippen LogP contribution is 2.22. The van der Waals surface area contributed by atoms with Crippen LogP contribution in [0, 0.1) is 0 Å². The Morgan fingerprint density at radius 3 is 3.05 bits per heavy atom.